The molecule has 19 heavy (non-hydrogen) atoms. The molecule has 3 nitrogen and oxygen atoms in total. The topological polar surface area (TPSA) is 60.7 Å². The van der Waals surface area contributed by atoms with Gasteiger partial charge in [0, 0.05) is 0 Å². The lowest BCUT2D eigenvalue weighted by atomic mass is 10.00. The minimum Gasteiger partial charge on any atom is -0.507 e. The molecule has 100 valence electrons. The molecule has 0 saturated heterocycles. The Labute approximate surface area is 111 Å². The van der Waals surface area contributed by atoms with E-state index in [2.05, 4.69) is 6.92 Å². The Morgan fingerprint density at radius 3 is 2.42 bits per heavy atom. The van der Waals surface area contributed by atoms with Crippen LogP contribution in [0.15, 0.2) is 30.3 Å². The molecule has 0 amide bonds. The first kappa shape index (κ1) is 13.3. The maximum atomic E-state index is 10.0. The third-order valence-electron chi connectivity index (χ3n) is 3.30. The zero-order valence-corrected chi connectivity index (χ0v) is 11.1. The van der Waals surface area contributed by atoms with Gasteiger partial charge in [-0.2, -0.15) is 0 Å². The van der Waals surface area contributed by atoms with E-state index in [1.807, 2.05) is 31.2 Å². The Bertz CT molecular complexity index is 725. The van der Waals surface area contributed by atoms with Crippen molar-refractivity contribution in [2.24, 2.45) is 0 Å². The zero-order valence-electron chi connectivity index (χ0n) is 11.1. The van der Waals surface area contributed by atoms with Gasteiger partial charge in [-0.15, -0.1) is 0 Å². The molecule has 0 heterocycles. The van der Waals surface area contributed by atoms with E-state index in [1.165, 1.54) is 0 Å². The SMILES string of the molecule is CCCC(C)=c1c(=C(O)O)c(O)cc2ccccc12. The van der Waals surface area contributed by atoms with Crippen molar-refractivity contribution in [2.75, 3.05) is 0 Å². The highest BCUT2D eigenvalue weighted by atomic mass is 16.5. The van der Waals surface area contributed by atoms with E-state index >= 15 is 0 Å². The van der Waals surface area contributed by atoms with E-state index < -0.39 is 5.95 Å². The normalized spacial score (nSPS) is 12.5. The molecule has 0 atom stereocenters. The van der Waals surface area contributed by atoms with E-state index in [4.69, 9.17) is 0 Å². The van der Waals surface area contributed by atoms with Gasteiger partial charge in [-0.1, -0.05) is 43.2 Å². The van der Waals surface area contributed by atoms with Crippen molar-refractivity contribution < 1.29 is 15.3 Å². The monoisotopic (exact) mass is 258 g/mol. The minimum absolute atomic E-state index is 0.107. The number of aromatic hydroxyl groups is 1. The molecule has 0 aliphatic heterocycles. The first-order valence-corrected chi connectivity index (χ1v) is 6.39. The van der Waals surface area contributed by atoms with Crippen LogP contribution in [0.25, 0.3) is 22.3 Å². The van der Waals surface area contributed by atoms with Crippen LogP contribution in [-0.2, 0) is 0 Å². The highest BCUT2D eigenvalue weighted by Gasteiger charge is 2.08. The van der Waals surface area contributed by atoms with Crippen LogP contribution in [0.3, 0.4) is 0 Å². The van der Waals surface area contributed by atoms with Gasteiger partial charge in [-0.3, -0.25) is 0 Å². The quantitative estimate of drug-likeness (QED) is 0.776. The fraction of sp³-hybridized carbons (Fsp3) is 0.250. The summed E-state index contributed by atoms with van der Waals surface area (Å²) in [6.07, 6.45) is 1.80. The Balaban J connectivity index is 3.12. The van der Waals surface area contributed by atoms with Gasteiger partial charge in [0.15, 0.2) is 0 Å². The zero-order chi connectivity index (χ0) is 14.0. The number of benzene rings is 2. The first-order chi connectivity index (χ1) is 9.06. The largest absolute Gasteiger partial charge is 0.507 e. The third-order valence-corrected chi connectivity index (χ3v) is 3.30. The predicted octanol–water partition coefficient (Wildman–Crippen LogP) is 2.70. The van der Waals surface area contributed by atoms with Gasteiger partial charge in [0.05, 0.1) is 0 Å². The lowest BCUT2D eigenvalue weighted by molar-refractivity contribution is 0.295. The molecule has 0 bridgehead atoms. The summed E-state index contributed by atoms with van der Waals surface area (Å²) in [5.74, 6) is -0.946. The molecule has 0 fully saturated rings. The van der Waals surface area contributed by atoms with Crippen molar-refractivity contribution >= 4 is 22.3 Å². The molecule has 0 aliphatic carbocycles. The highest BCUT2D eigenvalue weighted by Crippen LogP contribution is 2.15. The van der Waals surface area contributed by atoms with Gasteiger partial charge in [0.2, 0.25) is 0 Å². The van der Waals surface area contributed by atoms with Gasteiger partial charge >= 0.3 is 0 Å². The maximum absolute atomic E-state index is 10.0. The predicted molar refractivity (Wildman–Crippen MR) is 77.5 cm³/mol. The van der Waals surface area contributed by atoms with Crippen molar-refractivity contribution in [2.45, 2.75) is 26.7 Å². The molecule has 3 N–H and O–H groups in total. The van der Waals surface area contributed by atoms with Crippen LogP contribution < -0.4 is 10.4 Å². The molecule has 2 aromatic carbocycles. The Hall–Kier alpha value is -2.16. The van der Waals surface area contributed by atoms with Gasteiger partial charge < -0.3 is 15.3 Å². The number of aliphatic hydroxyl groups is 2. The third kappa shape index (κ3) is 2.36. The average Bonchev–Trinajstić information content (AvgIpc) is 2.36. The maximum Gasteiger partial charge on any atom is 0.286 e. The van der Waals surface area contributed by atoms with Crippen molar-refractivity contribution in [3.8, 4) is 5.75 Å². The second-order valence-electron chi connectivity index (χ2n) is 4.72. The van der Waals surface area contributed by atoms with E-state index in [1.54, 1.807) is 6.07 Å². The lowest BCUT2D eigenvalue weighted by Gasteiger charge is -2.07. The smallest absolute Gasteiger partial charge is 0.286 e. The summed E-state index contributed by atoms with van der Waals surface area (Å²) in [6.45, 7) is 4.02. The minimum atomic E-state index is -0.839. The van der Waals surface area contributed by atoms with Crippen LogP contribution in [0.1, 0.15) is 26.7 Å². The van der Waals surface area contributed by atoms with Gasteiger partial charge in [0.1, 0.15) is 11.0 Å². The molecule has 0 spiro atoms. The number of hydrogen-bond donors (Lipinski definition) is 3. The Kier molecular flexibility index (Phi) is 3.65. The summed E-state index contributed by atoms with van der Waals surface area (Å²) < 4.78 is 0. The Morgan fingerprint density at radius 2 is 1.79 bits per heavy atom. The van der Waals surface area contributed by atoms with E-state index in [0.717, 1.165) is 34.4 Å². The van der Waals surface area contributed by atoms with Crippen molar-refractivity contribution in [3.63, 3.8) is 0 Å². The second-order valence-corrected chi connectivity index (χ2v) is 4.72. The molecule has 2 aromatic rings. The van der Waals surface area contributed by atoms with E-state index in [9.17, 15) is 15.3 Å². The van der Waals surface area contributed by atoms with Crippen LogP contribution in [0.2, 0.25) is 0 Å². The van der Waals surface area contributed by atoms with Crippen LogP contribution in [0.5, 0.6) is 5.75 Å². The number of phenolic OH excluding ortho intramolecular Hbond substituents is 1. The van der Waals surface area contributed by atoms with Crippen LogP contribution in [-0.4, -0.2) is 15.3 Å². The second kappa shape index (κ2) is 5.22. The van der Waals surface area contributed by atoms with E-state index in [0.29, 0.717) is 0 Å². The molecular weight excluding hydrogens is 240 g/mol. The number of aliphatic hydroxyl groups excluding tert-OH is 1. The molecule has 0 aromatic heterocycles. The molecule has 0 unspecified atom stereocenters. The standard InChI is InChI=1S/C16H18O3/c1-3-6-10(2)14-12-8-5-4-7-11(12)9-13(17)15(14)16(18)19/h4-5,7-9,17-19H,3,6H2,1-2H3. The number of phenols is 1. The molecule has 2 rings (SSSR count). The Morgan fingerprint density at radius 1 is 1.11 bits per heavy atom. The van der Waals surface area contributed by atoms with Crippen LogP contribution in [0.4, 0.5) is 0 Å². The highest BCUT2D eigenvalue weighted by molar-refractivity contribution is 5.86. The summed E-state index contributed by atoms with van der Waals surface area (Å²) in [4.78, 5) is 0. The number of hydrogen-bond acceptors (Lipinski definition) is 3. The molecule has 3 heteroatoms. The summed E-state index contributed by atoms with van der Waals surface area (Å²) >= 11 is 0. The molecule has 0 radical (unpaired) electrons. The molecule has 0 saturated carbocycles. The summed E-state index contributed by atoms with van der Waals surface area (Å²) in [5.41, 5.74) is 1.03. The number of rotatable bonds is 2. The van der Waals surface area contributed by atoms with Gasteiger partial charge in [0.25, 0.3) is 5.95 Å². The van der Waals surface area contributed by atoms with Crippen LogP contribution >= 0.6 is 0 Å². The molecule has 0 aliphatic rings. The summed E-state index contributed by atoms with van der Waals surface area (Å²) in [7, 11) is 0. The first-order valence-electron chi connectivity index (χ1n) is 6.39. The van der Waals surface area contributed by atoms with Crippen molar-refractivity contribution in [1.29, 1.82) is 0 Å². The summed E-state index contributed by atoms with van der Waals surface area (Å²) in [5, 5.41) is 31.6. The fourth-order valence-electron chi connectivity index (χ4n) is 2.50. The van der Waals surface area contributed by atoms with Gasteiger partial charge in [-0.05, 0) is 35.4 Å². The van der Waals surface area contributed by atoms with Crippen molar-refractivity contribution in [1.82, 2.24) is 0 Å². The van der Waals surface area contributed by atoms with Crippen molar-refractivity contribution in [3.05, 3.63) is 40.8 Å². The van der Waals surface area contributed by atoms with E-state index in [-0.39, 0.29) is 11.0 Å². The lowest BCUT2D eigenvalue weighted by Crippen LogP contribution is -2.30. The van der Waals surface area contributed by atoms with Crippen LogP contribution in [0, 0.1) is 0 Å². The molecular formula is C16H18O3. The number of fused-ring (bicyclic) bond motifs is 1. The van der Waals surface area contributed by atoms with Gasteiger partial charge in [-0.25, -0.2) is 0 Å². The average molecular weight is 258 g/mol. The summed E-state index contributed by atoms with van der Waals surface area (Å²) in [6, 6.07) is 9.18. The fourth-order valence-corrected chi connectivity index (χ4v) is 2.50.